The average Bonchev–Trinajstić information content (AvgIpc) is 2.95. The number of hydrogen-bond acceptors (Lipinski definition) is 3. The first-order valence-electron chi connectivity index (χ1n) is 7.05. The molecule has 0 spiro atoms. The lowest BCUT2D eigenvalue weighted by atomic mass is 10.1. The zero-order chi connectivity index (χ0) is 15.4. The maximum Gasteiger partial charge on any atom is 0.320 e. The van der Waals surface area contributed by atoms with Crippen LogP contribution in [-0.4, -0.2) is 38.8 Å². The minimum atomic E-state index is -0.772. The highest BCUT2D eigenvalue weighted by molar-refractivity contribution is 5.73. The number of carboxylic acids is 1. The van der Waals surface area contributed by atoms with Gasteiger partial charge >= 0.3 is 5.97 Å². The lowest BCUT2D eigenvalue weighted by Gasteiger charge is -2.24. The summed E-state index contributed by atoms with van der Waals surface area (Å²) in [5.74, 6) is -0.772. The SMILES string of the molecule is CC[C@H](C(=O)O)N(C)Cc1ccc(-n2cccn2)cc1C. The predicted molar refractivity (Wildman–Crippen MR) is 81.5 cm³/mol. The summed E-state index contributed by atoms with van der Waals surface area (Å²) in [6.45, 7) is 4.55. The molecule has 2 rings (SSSR count). The molecule has 1 aromatic heterocycles. The van der Waals surface area contributed by atoms with Gasteiger partial charge in [-0.3, -0.25) is 9.69 Å². The van der Waals surface area contributed by atoms with Crippen molar-refractivity contribution in [2.75, 3.05) is 7.05 Å². The van der Waals surface area contributed by atoms with Gasteiger partial charge < -0.3 is 5.11 Å². The zero-order valence-corrected chi connectivity index (χ0v) is 12.7. The molecule has 0 saturated heterocycles. The first-order valence-corrected chi connectivity index (χ1v) is 7.05. The molecule has 0 aliphatic carbocycles. The molecule has 0 radical (unpaired) electrons. The summed E-state index contributed by atoms with van der Waals surface area (Å²) in [4.78, 5) is 13.1. The van der Waals surface area contributed by atoms with E-state index in [-0.39, 0.29) is 0 Å². The molecule has 1 heterocycles. The maximum atomic E-state index is 11.2. The summed E-state index contributed by atoms with van der Waals surface area (Å²) in [7, 11) is 1.85. The maximum absolute atomic E-state index is 11.2. The van der Waals surface area contributed by atoms with Crippen molar-refractivity contribution in [3.8, 4) is 5.69 Å². The highest BCUT2D eigenvalue weighted by Crippen LogP contribution is 2.17. The summed E-state index contributed by atoms with van der Waals surface area (Å²) in [6, 6.07) is 7.55. The number of carbonyl (C=O) groups is 1. The summed E-state index contributed by atoms with van der Waals surface area (Å²) < 4.78 is 1.81. The topological polar surface area (TPSA) is 58.4 Å². The summed E-state index contributed by atoms with van der Waals surface area (Å²) in [5, 5.41) is 13.4. The largest absolute Gasteiger partial charge is 0.480 e. The van der Waals surface area contributed by atoms with Gasteiger partial charge in [0.15, 0.2) is 0 Å². The van der Waals surface area contributed by atoms with Crippen LogP contribution in [0.1, 0.15) is 24.5 Å². The van der Waals surface area contributed by atoms with E-state index in [0.717, 1.165) is 16.8 Å². The van der Waals surface area contributed by atoms with Crippen molar-refractivity contribution < 1.29 is 9.90 Å². The van der Waals surface area contributed by atoms with Crippen LogP contribution >= 0.6 is 0 Å². The van der Waals surface area contributed by atoms with Gasteiger partial charge in [0.1, 0.15) is 6.04 Å². The van der Waals surface area contributed by atoms with Gasteiger partial charge in [0.2, 0.25) is 0 Å². The number of carboxylic acid groups (broad SMARTS) is 1. The molecule has 0 saturated carbocycles. The molecule has 0 unspecified atom stereocenters. The molecule has 0 bridgehead atoms. The highest BCUT2D eigenvalue weighted by atomic mass is 16.4. The minimum Gasteiger partial charge on any atom is -0.480 e. The third kappa shape index (κ3) is 3.49. The van der Waals surface area contributed by atoms with Crippen LogP contribution in [0.4, 0.5) is 0 Å². The molecule has 112 valence electrons. The fourth-order valence-electron chi connectivity index (χ4n) is 2.48. The number of nitrogens with zero attached hydrogens (tertiary/aromatic N) is 3. The molecule has 21 heavy (non-hydrogen) atoms. The second-order valence-electron chi connectivity index (χ2n) is 5.24. The highest BCUT2D eigenvalue weighted by Gasteiger charge is 2.20. The smallest absolute Gasteiger partial charge is 0.320 e. The van der Waals surface area contributed by atoms with Gasteiger partial charge in [0.05, 0.1) is 5.69 Å². The molecule has 5 heteroatoms. The molecule has 1 atom stereocenters. The monoisotopic (exact) mass is 287 g/mol. The van der Waals surface area contributed by atoms with Crippen LogP contribution in [-0.2, 0) is 11.3 Å². The van der Waals surface area contributed by atoms with Crippen molar-refractivity contribution in [3.63, 3.8) is 0 Å². The standard InChI is InChI=1S/C16H21N3O2/c1-4-15(16(20)21)18(3)11-13-6-7-14(10-12(13)2)19-9-5-8-17-19/h5-10,15H,4,11H2,1-3H3,(H,20,21)/t15-/m1/s1. The van der Waals surface area contributed by atoms with Crippen LogP contribution in [0.5, 0.6) is 0 Å². The number of aliphatic carboxylic acids is 1. The molecule has 0 aliphatic heterocycles. The van der Waals surface area contributed by atoms with E-state index in [0.29, 0.717) is 13.0 Å². The van der Waals surface area contributed by atoms with E-state index >= 15 is 0 Å². The van der Waals surface area contributed by atoms with E-state index in [2.05, 4.69) is 11.2 Å². The fraction of sp³-hybridized carbons (Fsp3) is 0.375. The first-order chi connectivity index (χ1) is 10.0. The number of aryl methyl sites for hydroxylation is 1. The molecule has 0 aliphatic rings. The van der Waals surface area contributed by atoms with E-state index in [9.17, 15) is 9.90 Å². The normalized spacial score (nSPS) is 12.6. The number of likely N-dealkylation sites (N-methyl/N-ethyl adjacent to an activating group) is 1. The Balaban J connectivity index is 2.16. The third-order valence-corrected chi connectivity index (χ3v) is 3.72. The third-order valence-electron chi connectivity index (χ3n) is 3.72. The van der Waals surface area contributed by atoms with Crippen LogP contribution in [0.3, 0.4) is 0 Å². The number of hydrogen-bond donors (Lipinski definition) is 1. The van der Waals surface area contributed by atoms with Gasteiger partial charge in [-0.2, -0.15) is 5.10 Å². The van der Waals surface area contributed by atoms with Crippen molar-refractivity contribution in [3.05, 3.63) is 47.8 Å². The second-order valence-corrected chi connectivity index (χ2v) is 5.24. The Labute approximate surface area is 124 Å². The number of benzene rings is 1. The van der Waals surface area contributed by atoms with E-state index in [1.807, 2.05) is 54.9 Å². The Kier molecular flexibility index (Phi) is 4.75. The fourth-order valence-corrected chi connectivity index (χ4v) is 2.48. The second kappa shape index (κ2) is 6.54. The Morgan fingerprint density at radius 3 is 2.76 bits per heavy atom. The lowest BCUT2D eigenvalue weighted by molar-refractivity contribution is -0.143. The minimum absolute atomic E-state index is 0.449. The van der Waals surface area contributed by atoms with Crippen molar-refractivity contribution in [1.29, 1.82) is 0 Å². The molecular formula is C16H21N3O2. The molecule has 0 fully saturated rings. The van der Waals surface area contributed by atoms with Gasteiger partial charge in [-0.1, -0.05) is 13.0 Å². The Bertz CT molecular complexity index is 608. The van der Waals surface area contributed by atoms with E-state index in [1.54, 1.807) is 6.20 Å². The van der Waals surface area contributed by atoms with Gasteiger partial charge in [-0.05, 0) is 49.7 Å². The molecule has 2 aromatic rings. The van der Waals surface area contributed by atoms with E-state index in [4.69, 9.17) is 0 Å². The quantitative estimate of drug-likeness (QED) is 0.886. The van der Waals surface area contributed by atoms with Gasteiger partial charge in [-0.15, -0.1) is 0 Å². The Morgan fingerprint density at radius 2 is 2.24 bits per heavy atom. The van der Waals surface area contributed by atoms with Crippen LogP contribution in [0.25, 0.3) is 5.69 Å². The van der Waals surface area contributed by atoms with Crippen molar-refractivity contribution in [2.24, 2.45) is 0 Å². The zero-order valence-electron chi connectivity index (χ0n) is 12.7. The molecule has 1 N–H and O–H groups in total. The van der Waals surface area contributed by atoms with Gasteiger partial charge in [0.25, 0.3) is 0 Å². The van der Waals surface area contributed by atoms with Crippen molar-refractivity contribution in [2.45, 2.75) is 32.9 Å². The van der Waals surface area contributed by atoms with Gasteiger partial charge in [-0.25, -0.2) is 4.68 Å². The van der Waals surface area contributed by atoms with Crippen LogP contribution in [0.2, 0.25) is 0 Å². The number of aromatic nitrogens is 2. The van der Waals surface area contributed by atoms with Crippen molar-refractivity contribution in [1.82, 2.24) is 14.7 Å². The van der Waals surface area contributed by atoms with E-state index in [1.165, 1.54) is 0 Å². The average molecular weight is 287 g/mol. The van der Waals surface area contributed by atoms with Crippen LogP contribution in [0, 0.1) is 6.92 Å². The lowest BCUT2D eigenvalue weighted by Crippen LogP contribution is -2.37. The summed E-state index contributed by atoms with van der Waals surface area (Å²) in [5.41, 5.74) is 3.28. The molecule has 5 nitrogen and oxygen atoms in total. The molecule has 0 amide bonds. The van der Waals surface area contributed by atoms with Gasteiger partial charge in [0, 0.05) is 18.9 Å². The predicted octanol–water partition coefficient (Wildman–Crippen LogP) is 2.48. The van der Waals surface area contributed by atoms with Crippen LogP contribution < -0.4 is 0 Å². The Morgan fingerprint density at radius 1 is 1.48 bits per heavy atom. The molecular weight excluding hydrogens is 266 g/mol. The first kappa shape index (κ1) is 15.3. The molecule has 1 aromatic carbocycles. The number of rotatable bonds is 6. The summed E-state index contributed by atoms with van der Waals surface area (Å²) in [6.07, 6.45) is 4.24. The van der Waals surface area contributed by atoms with Crippen LogP contribution in [0.15, 0.2) is 36.7 Å². The van der Waals surface area contributed by atoms with E-state index < -0.39 is 12.0 Å². The van der Waals surface area contributed by atoms with Crippen molar-refractivity contribution >= 4 is 5.97 Å². The summed E-state index contributed by atoms with van der Waals surface area (Å²) >= 11 is 0. The Hall–Kier alpha value is -2.14.